The molecule has 0 fully saturated rings. The first-order chi connectivity index (χ1) is 11.7. The quantitative estimate of drug-likeness (QED) is 0.739. The van der Waals surface area contributed by atoms with Gasteiger partial charge in [-0.05, 0) is 29.6 Å². The molecule has 0 saturated carbocycles. The Morgan fingerprint density at radius 1 is 1.25 bits per heavy atom. The summed E-state index contributed by atoms with van der Waals surface area (Å²) < 4.78 is 16.0. The first-order valence-corrected chi connectivity index (χ1v) is 7.95. The second-order valence-corrected chi connectivity index (χ2v) is 5.82. The first-order valence-electron chi connectivity index (χ1n) is 7.07. The predicted molar refractivity (Wildman–Crippen MR) is 89.5 cm³/mol. The molecule has 0 saturated heterocycles. The van der Waals surface area contributed by atoms with Crippen molar-refractivity contribution in [3.8, 4) is 23.0 Å². The molecule has 0 aliphatic rings. The monoisotopic (exact) mass is 345 g/mol. The molecule has 24 heavy (non-hydrogen) atoms. The minimum Gasteiger partial charge on any atom is -0.497 e. The molecular weight excluding hydrogens is 330 g/mol. The smallest absolute Gasteiger partial charge is 0.322 e. The number of hydrogen-bond donors (Lipinski definition) is 1. The maximum atomic E-state index is 12.0. The Hall–Kier alpha value is -2.87. The molecule has 1 amide bonds. The maximum absolute atomic E-state index is 12.0. The minimum absolute atomic E-state index is 0.0384. The van der Waals surface area contributed by atoms with E-state index in [4.69, 9.17) is 13.9 Å². The third-order valence-electron chi connectivity index (χ3n) is 3.22. The van der Waals surface area contributed by atoms with E-state index in [9.17, 15) is 4.79 Å². The topological polar surface area (TPSA) is 86.5 Å². The zero-order chi connectivity index (χ0) is 16.9. The number of anilines is 1. The van der Waals surface area contributed by atoms with Crippen molar-refractivity contribution in [1.82, 2.24) is 10.2 Å². The highest BCUT2D eigenvalue weighted by atomic mass is 32.1. The minimum atomic E-state index is -0.217. The van der Waals surface area contributed by atoms with Crippen molar-refractivity contribution >= 4 is 23.3 Å². The average Bonchev–Trinajstić information content (AvgIpc) is 3.26. The summed E-state index contributed by atoms with van der Waals surface area (Å²) in [5.74, 6) is 1.21. The van der Waals surface area contributed by atoms with Crippen LogP contribution in [0.2, 0.25) is 0 Å². The summed E-state index contributed by atoms with van der Waals surface area (Å²) in [7, 11) is 3.11. The molecule has 0 spiro atoms. The standard InChI is InChI=1S/C16H15N3O4S/c1-21-10-5-6-13(22-2)12(8-10)15-18-19-16(23-15)17-14(20)9-11-4-3-7-24-11/h3-8H,9H2,1-2H3,(H,17,19,20). The molecule has 3 aromatic rings. The van der Waals surface area contributed by atoms with Crippen molar-refractivity contribution in [1.29, 1.82) is 0 Å². The average molecular weight is 345 g/mol. The number of hydrogen-bond acceptors (Lipinski definition) is 7. The Morgan fingerprint density at radius 3 is 2.83 bits per heavy atom. The Kier molecular flexibility index (Phi) is 4.76. The molecule has 124 valence electrons. The van der Waals surface area contributed by atoms with Gasteiger partial charge in [0.25, 0.3) is 5.89 Å². The van der Waals surface area contributed by atoms with Gasteiger partial charge in [-0.1, -0.05) is 11.2 Å². The lowest BCUT2D eigenvalue weighted by atomic mass is 10.2. The number of rotatable bonds is 6. The van der Waals surface area contributed by atoms with Gasteiger partial charge in [-0.15, -0.1) is 16.4 Å². The van der Waals surface area contributed by atoms with Gasteiger partial charge in [-0.3, -0.25) is 10.1 Å². The van der Waals surface area contributed by atoms with Crippen LogP contribution in [-0.2, 0) is 11.2 Å². The lowest BCUT2D eigenvalue weighted by molar-refractivity contribution is -0.115. The van der Waals surface area contributed by atoms with E-state index < -0.39 is 0 Å². The lowest BCUT2D eigenvalue weighted by Gasteiger charge is -2.07. The number of ether oxygens (including phenoxy) is 2. The number of thiophene rings is 1. The second-order valence-electron chi connectivity index (χ2n) is 4.78. The van der Waals surface area contributed by atoms with Gasteiger partial charge in [-0.25, -0.2) is 0 Å². The number of carbonyl (C=O) groups excluding carboxylic acids is 1. The van der Waals surface area contributed by atoms with E-state index in [-0.39, 0.29) is 24.2 Å². The molecule has 3 rings (SSSR count). The molecule has 7 nitrogen and oxygen atoms in total. The first kappa shape index (κ1) is 16.0. The molecule has 0 aliphatic heterocycles. The number of aromatic nitrogens is 2. The van der Waals surface area contributed by atoms with Gasteiger partial charge >= 0.3 is 6.01 Å². The summed E-state index contributed by atoms with van der Waals surface area (Å²) >= 11 is 1.52. The van der Waals surface area contributed by atoms with Crippen LogP contribution >= 0.6 is 11.3 Å². The van der Waals surface area contributed by atoms with Crippen LogP contribution in [0.15, 0.2) is 40.1 Å². The number of amides is 1. The molecule has 1 N–H and O–H groups in total. The zero-order valence-corrected chi connectivity index (χ0v) is 13.9. The van der Waals surface area contributed by atoms with Crippen LogP contribution < -0.4 is 14.8 Å². The van der Waals surface area contributed by atoms with Gasteiger partial charge in [0.1, 0.15) is 11.5 Å². The summed E-state index contributed by atoms with van der Waals surface area (Å²) in [6, 6.07) is 9.06. The number of nitrogens with one attached hydrogen (secondary N) is 1. The molecule has 0 bridgehead atoms. The van der Waals surface area contributed by atoms with Gasteiger partial charge in [0, 0.05) is 4.88 Å². The van der Waals surface area contributed by atoms with Crippen molar-refractivity contribution in [2.75, 3.05) is 19.5 Å². The molecule has 0 radical (unpaired) electrons. The molecule has 0 atom stereocenters. The van der Waals surface area contributed by atoms with E-state index in [1.165, 1.54) is 11.3 Å². The summed E-state index contributed by atoms with van der Waals surface area (Å²) in [6.07, 6.45) is 0.262. The van der Waals surface area contributed by atoms with Gasteiger partial charge < -0.3 is 13.9 Å². The maximum Gasteiger partial charge on any atom is 0.322 e. The van der Waals surface area contributed by atoms with E-state index in [0.717, 1.165) is 4.88 Å². The number of methoxy groups -OCH3 is 2. The van der Waals surface area contributed by atoms with Crippen molar-refractivity contribution < 1.29 is 18.7 Å². The van der Waals surface area contributed by atoms with Crippen LogP contribution in [-0.4, -0.2) is 30.3 Å². The SMILES string of the molecule is COc1ccc(OC)c(-c2nnc(NC(=O)Cc3cccs3)o2)c1. The van der Waals surface area contributed by atoms with Gasteiger partial charge in [0.05, 0.1) is 26.2 Å². The highest BCUT2D eigenvalue weighted by Gasteiger charge is 2.16. The highest BCUT2D eigenvalue weighted by Crippen LogP contribution is 2.33. The van der Waals surface area contributed by atoms with Gasteiger partial charge in [0.15, 0.2) is 0 Å². The van der Waals surface area contributed by atoms with Crippen molar-refractivity contribution in [3.05, 3.63) is 40.6 Å². The normalized spacial score (nSPS) is 10.4. The Morgan fingerprint density at radius 2 is 2.12 bits per heavy atom. The Balaban J connectivity index is 1.77. The molecule has 2 aromatic heterocycles. The van der Waals surface area contributed by atoms with Crippen LogP contribution in [0.1, 0.15) is 4.88 Å². The lowest BCUT2D eigenvalue weighted by Crippen LogP contribution is -2.13. The number of carbonyl (C=O) groups is 1. The van der Waals surface area contributed by atoms with Gasteiger partial charge in [0.2, 0.25) is 5.91 Å². The molecule has 0 aliphatic carbocycles. The fraction of sp³-hybridized carbons (Fsp3) is 0.188. The van der Waals surface area contributed by atoms with Crippen LogP contribution in [0, 0.1) is 0 Å². The summed E-state index contributed by atoms with van der Waals surface area (Å²) in [6.45, 7) is 0. The van der Waals surface area contributed by atoms with E-state index in [1.807, 2.05) is 17.5 Å². The Bertz CT molecular complexity index is 830. The van der Waals surface area contributed by atoms with E-state index in [1.54, 1.807) is 32.4 Å². The van der Waals surface area contributed by atoms with Crippen LogP contribution in [0.3, 0.4) is 0 Å². The van der Waals surface area contributed by atoms with Crippen LogP contribution in [0.4, 0.5) is 6.01 Å². The van der Waals surface area contributed by atoms with E-state index >= 15 is 0 Å². The van der Waals surface area contributed by atoms with Crippen molar-refractivity contribution in [3.63, 3.8) is 0 Å². The van der Waals surface area contributed by atoms with E-state index in [0.29, 0.717) is 17.1 Å². The molecule has 2 heterocycles. The largest absolute Gasteiger partial charge is 0.497 e. The summed E-state index contributed by atoms with van der Waals surface area (Å²) in [5, 5.41) is 12.3. The predicted octanol–water partition coefficient (Wildman–Crippen LogP) is 3.00. The zero-order valence-electron chi connectivity index (χ0n) is 13.1. The fourth-order valence-electron chi connectivity index (χ4n) is 2.10. The summed E-state index contributed by atoms with van der Waals surface area (Å²) in [4.78, 5) is 12.9. The fourth-order valence-corrected chi connectivity index (χ4v) is 2.80. The van der Waals surface area contributed by atoms with Crippen molar-refractivity contribution in [2.45, 2.75) is 6.42 Å². The van der Waals surface area contributed by atoms with Crippen LogP contribution in [0.25, 0.3) is 11.5 Å². The van der Waals surface area contributed by atoms with Crippen LogP contribution in [0.5, 0.6) is 11.5 Å². The molecule has 8 heteroatoms. The molecule has 0 unspecified atom stereocenters. The number of nitrogens with zero attached hydrogens (tertiary/aromatic N) is 2. The second kappa shape index (κ2) is 7.14. The van der Waals surface area contributed by atoms with Crippen molar-refractivity contribution in [2.24, 2.45) is 0 Å². The number of benzene rings is 1. The Labute approximate surface area is 142 Å². The van der Waals surface area contributed by atoms with Gasteiger partial charge in [-0.2, -0.15) is 0 Å². The molecule has 1 aromatic carbocycles. The molecular formula is C16H15N3O4S. The third kappa shape index (κ3) is 3.54. The highest BCUT2D eigenvalue weighted by molar-refractivity contribution is 7.10. The summed E-state index contributed by atoms with van der Waals surface area (Å²) in [5.41, 5.74) is 0.586. The van der Waals surface area contributed by atoms with E-state index in [2.05, 4.69) is 15.5 Å². The third-order valence-corrected chi connectivity index (χ3v) is 4.10.